The van der Waals surface area contributed by atoms with E-state index in [1.165, 1.54) is 29.2 Å². The Morgan fingerprint density at radius 3 is 2.35 bits per heavy atom. The maximum absolute atomic E-state index is 11.3. The molecule has 0 spiro atoms. The molecule has 0 radical (unpaired) electrons. The lowest BCUT2D eigenvalue weighted by Crippen LogP contribution is -2.46. The van der Waals surface area contributed by atoms with Crippen LogP contribution in [-0.4, -0.2) is 17.2 Å². The zero-order valence-corrected chi connectivity index (χ0v) is 11.9. The van der Waals surface area contributed by atoms with Crippen molar-refractivity contribution < 1.29 is 5.11 Å². The summed E-state index contributed by atoms with van der Waals surface area (Å²) in [6.07, 6.45) is 4.10. The zero-order valence-electron chi connectivity index (χ0n) is 11.9. The molecule has 2 atom stereocenters. The Morgan fingerprint density at radius 2 is 1.65 bits per heavy atom. The number of rotatable bonds is 1. The van der Waals surface area contributed by atoms with Crippen LogP contribution in [0.5, 0.6) is 0 Å². The number of aliphatic hydroxyl groups is 1. The molecular formula is C18H21NO. The molecule has 2 aliphatic heterocycles. The number of nitrogens with one attached hydrogen (secondary N) is 1. The Labute approximate surface area is 119 Å². The lowest BCUT2D eigenvalue weighted by molar-refractivity contribution is -0.0101. The second kappa shape index (κ2) is 4.31. The van der Waals surface area contributed by atoms with Crippen molar-refractivity contribution in [1.82, 2.24) is 5.32 Å². The average Bonchev–Trinajstić information content (AvgIpc) is 2.79. The molecule has 2 aliphatic rings. The summed E-state index contributed by atoms with van der Waals surface area (Å²) in [6, 6.07) is 13.7. The van der Waals surface area contributed by atoms with Crippen LogP contribution in [-0.2, 0) is 5.60 Å². The number of benzene rings is 2. The highest BCUT2D eigenvalue weighted by molar-refractivity contribution is 5.89. The number of hydrogen-bond acceptors (Lipinski definition) is 2. The molecule has 0 aliphatic carbocycles. The molecule has 2 N–H and O–H groups in total. The van der Waals surface area contributed by atoms with Crippen molar-refractivity contribution >= 4 is 10.8 Å². The molecule has 2 unspecified atom stereocenters. The monoisotopic (exact) mass is 267 g/mol. The van der Waals surface area contributed by atoms with Gasteiger partial charge in [-0.1, -0.05) is 36.4 Å². The van der Waals surface area contributed by atoms with E-state index in [2.05, 4.69) is 48.6 Å². The lowest BCUT2D eigenvalue weighted by Gasteiger charge is -2.38. The largest absolute Gasteiger partial charge is 0.385 e. The summed E-state index contributed by atoms with van der Waals surface area (Å²) in [4.78, 5) is 0. The van der Waals surface area contributed by atoms with Gasteiger partial charge in [0.15, 0.2) is 0 Å². The van der Waals surface area contributed by atoms with Gasteiger partial charge in [-0.05, 0) is 54.5 Å². The zero-order chi connectivity index (χ0) is 13.7. The van der Waals surface area contributed by atoms with E-state index in [1.54, 1.807) is 0 Å². The number of aryl methyl sites for hydroxylation is 1. The van der Waals surface area contributed by atoms with Crippen molar-refractivity contribution in [2.24, 2.45) is 0 Å². The second-order valence-electron chi connectivity index (χ2n) is 6.55. The van der Waals surface area contributed by atoms with Crippen molar-refractivity contribution in [2.75, 3.05) is 0 Å². The summed E-state index contributed by atoms with van der Waals surface area (Å²) in [7, 11) is 0. The van der Waals surface area contributed by atoms with Gasteiger partial charge in [0.1, 0.15) is 0 Å². The predicted octanol–water partition coefficient (Wildman–Crippen LogP) is 3.25. The van der Waals surface area contributed by atoms with E-state index in [-0.39, 0.29) is 0 Å². The van der Waals surface area contributed by atoms with Gasteiger partial charge in [0.25, 0.3) is 0 Å². The van der Waals surface area contributed by atoms with E-state index >= 15 is 0 Å². The minimum absolute atomic E-state index is 0.485. The third kappa shape index (κ3) is 1.79. The first-order valence-electron chi connectivity index (χ1n) is 7.63. The van der Waals surface area contributed by atoms with Gasteiger partial charge in [0.05, 0.1) is 5.60 Å². The van der Waals surface area contributed by atoms with Gasteiger partial charge in [-0.25, -0.2) is 0 Å². The molecule has 2 fully saturated rings. The van der Waals surface area contributed by atoms with Crippen LogP contribution in [0.4, 0.5) is 0 Å². The van der Waals surface area contributed by atoms with Crippen molar-refractivity contribution in [3.8, 4) is 0 Å². The molecule has 4 rings (SSSR count). The summed E-state index contributed by atoms with van der Waals surface area (Å²) < 4.78 is 0. The Morgan fingerprint density at radius 1 is 1.00 bits per heavy atom. The van der Waals surface area contributed by atoms with Gasteiger partial charge in [-0.15, -0.1) is 0 Å². The Kier molecular flexibility index (Phi) is 2.66. The van der Waals surface area contributed by atoms with E-state index in [4.69, 9.17) is 0 Å². The standard InChI is InChI=1S/C18H21NO/c1-12-6-9-17(16-5-3-2-4-15(12)16)18(20)10-13-7-8-14(11-18)19-13/h2-6,9,13-14,19-20H,7-8,10-11H2,1H3. The highest BCUT2D eigenvalue weighted by Crippen LogP contribution is 2.43. The number of fused-ring (bicyclic) bond motifs is 3. The maximum atomic E-state index is 11.3. The third-order valence-corrected chi connectivity index (χ3v) is 5.15. The SMILES string of the molecule is Cc1ccc(C2(O)CC3CCC(C2)N3)c2ccccc12. The molecule has 2 aromatic rings. The van der Waals surface area contributed by atoms with E-state index in [0.29, 0.717) is 12.1 Å². The van der Waals surface area contributed by atoms with Crippen LogP contribution >= 0.6 is 0 Å². The highest BCUT2D eigenvalue weighted by Gasteiger charge is 2.44. The van der Waals surface area contributed by atoms with Crippen LogP contribution in [0.25, 0.3) is 10.8 Å². The molecule has 2 aromatic carbocycles. The Balaban J connectivity index is 1.88. The highest BCUT2D eigenvalue weighted by atomic mass is 16.3. The first-order valence-corrected chi connectivity index (χ1v) is 7.63. The summed E-state index contributed by atoms with van der Waals surface area (Å²) in [6.45, 7) is 2.14. The van der Waals surface area contributed by atoms with Gasteiger partial charge in [0, 0.05) is 12.1 Å². The molecule has 20 heavy (non-hydrogen) atoms. The van der Waals surface area contributed by atoms with Crippen LogP contribution < -0.4 is 5.32 Å². The van der Waals surface area contributed by atoms with Crippen molar-refractivity contribution in [3.63, 3.8) is 0 Å². The summed E-state index contributed by atoms with van der Waals surface area (Å²) in [5, 5.41) is 17.4. The molecular weight excluding hydrogens is 246 g/mol. The molecule has 2 heterocycles. The smallest absolute Gasteiger partial charge is 0.0932 e. The van der Waals surface area contributed by atoms with Gasteiger partial charge in [-0.3, -0.25) is 0 Å². The summed E-state index contributed by atoms with van der Waals surface area (Å²) in [5.41, 5.74) is 1.74. The predicted molar refractivity (Wildman–Crippen MR) is 81.8 cm³/mol. The Bertz CT molecular complexity index is 652. The van der Waals surface area contributed by atoms with Gasteiger partial charge >= 0.3 is 0 Å². The number of piperidine rings is 1. The maximum Gasteiger partial charge on any atom is 0.0932 e. The van der Waals surface area contributed by atoms with E-state index < -0.39 is 5.60 Å². The van der Waals surface area contributed by atoms with Crippen LogP contribution in [0.1, 0.15) is 36.8 Å². The fourth-order valence-corrected chi connectivity index (χ4v) is 4.20. The Hall–Kier alpha value is -1.38. The van der Waals surface area contributed by atoms with Crippen LogP contribution in [0.15, 0.2) is 36.4 Å². The third-order valence-electron chi connectivity index (χ3n) is 5.15. The summed E-state index contributed by atoms with van der Waals surface area (Å²) >= 11 is 0. The van der Waals surface area contributed by atoms with Gasteiger partial charge < -0.3 is 10.4 Å². The molecule has 104 valence electrons. The quantitative estimate of drug-likeness (QED) is 0.831. The van der Waals surface area contributed by atoms with Crippen LogP contribution in [0.2, 0.25) is 0 Å². The average molecular weight is 267 g/mol. The topological polar surface area (TPSA) is 32.3 Å². The van der Waals surface area contributed by atoms with E-state index in [9.17, 15) is 5.11 Å². The first kappa shape index (κ1) is 12.4. The fraction of sp³-hybridized carbons (Fsp3) is 0.444. The molecule has 2 heteroatoms. The molecule has 2 nitrogen and oxygen atoms in total. The van der Waals surface area contributed by atoms with Gasteiger partial charge in [-0.2, -0.15) is 0 Å². The molecule has 0 saturated carbocycles. The van der Waals surface area contributed by atoms with Crippen LogP contribution in [0, 0.1) is 6.92 Å². The van der Waals surface area contributed by atoms with Crippen molar-refractivity contribution in [1.29, 1.82) is 0 Å². The van der Waals surface area contributed by atoms with Gasteiger partial charge in [0.2, 0.25) is 0 Å². The van der Waals surface area contributed by atoms with Crippen LogP contribution in [0.3, 0.4) is 0 Å². The lowest BCUT2D eigenvalue weighted by atomic mass is 9.79. The number of hydrogen-bond donors (Lipinski definition) is 2. The minimum atomic E-state index is -0.662. The van der Waals surface area contributed by atoms with Crippen molar-refractivity contribution in [2.45, 2.75) is 50.3 Å². The molecule has 2 saturated heterocycles. The normalized spacial score (nSPS) is 32.7. The molecule has 2 bridgehead atoms. The van der Waals surface area contributed by atoms with E-state index in [1.807, 2.05) is 0 Å². The van der Waals surface area contributed by atoms with E-state index in [0.717, 1.165) is 18.4 Å². The summed E-state index contributed by atoms with van der Waals surface area (Å²) in [5.74, 6) is 0. The first-order chi connectivity index (χ1) is 9.66. The second-order valence-corrected chi connectivity index (χ2v) is 6.55. The molecule has 0 amide bonds. The van der Waals surface area contributed by atoms with Crippen molar-refractivity contribution in [3.05, 3.63) is 47.5 Å². The minimum Gasteiger partial charge on any atom is -0.385 e. The fourth-order valence-electron chi connectivity index (χ4n) is 4.20. The molecule has 0 aromatic heterocycles.